The lowest BCUT2D eigenvalue weighted by Crippen LogP contribution is -2.31. The van der Waals surface area contributed by atoms with Crippen LogP contribution in [-0.4, -0.2) is 22.3 Å². The van der Waals surface area contributed by atoms with Gasteiger partial charge >= 0.3 is 0 Å². The molecule has 0 fully saturated rings. The first kappa shape index (κ1) is 12.3. The lowest BCUT2D eigenvalue weighted by molar-refractivity contribution is 0.173. The van der Waals surface area contributed by atoms with E-state index in [1.54, 1.807) is 0 Å². The summed E-state index contributed by atoms with van der Waals surface area (Å²) in [6, 6.07) is 13.7. The van der Waals surface area contributed by atoms with Crippen LogP contribution in [-0.2, 0) is 0 Å². The molecule has 0 saturated carbocycles. The van der Waals surface area contributed by atoms with E-state index in [9.17, 15) is 0 Å². The lowest BCUT2D eigenvalue weighted by atomic mass is 10.1. The number of para-hydroxylation sites is 3. The Kier molecular flexibility index (Phi) is 2.35. The number of imidazole rings is 1. The molecule has 5 rings (SSSR count). The third-order valence-corrected chi connectivity index (χ3v) is 4.05. The van der Waals surface area contributed by atoms with Crippen molar-refractivity contribution in [1.29, 1.82) is 0 Å². The first-order valence-electron chi connectivity index (χ1n) is 7.27. The van der Waals surface area contributed by atoms with Crippen LogP contribution in [0.1, 0.15) is 11.7 Å². The lowest BCUT2D eigenvalue weighted by Gasteiger charge is -2.24. The highest BCUT2D eigenvalue weighted by Crippen LogP contribution is 2.42. The van der Waals surface area contributed by atoms with E-state index in [0.717, 1.165) is 22.3 Å². The Labute approximate surface area is 131 Å². The fraction of sp³-hybridized carbons (Fsp3) is 0.125. The maximum absolute atomic E-state index is 5.96. The number of hydrogen-bond donors (Lipinski definition) is 2. The summed E-state index contributed by atoms with van der Waals surface area (Å²) in [5.74, 6) is 2.43. The van der Waals surface area contributed by atoms with Crippen LogP contribution in [0.3, 0.4) is 0 Å². The van der Waals surface area contributed by atoms with Gasteiger partial charge < -0.3 is 15.2 Å². The summed E-state index contributed by atoms with van der Waals surface area (Å²) in [5, 5.41) is 3.02. The number of aliphatic imine (C=N–C) groups is 1. The number of nitrogens with one attached hydrogen (secondary N) is 1. The molecule has 0 radical (unpaired) electrons. The molecule has 0 unspecified atom stereocenters. The second-order valence-corrected chi connectivity index (χ2v) is 5.39. The van der Waals surface area contributed by atoms with Crippen molar-refractivity contribution in [3.63, 3.8) is 0 Å². The molecule has 2 aromatic carbocycles. The van der Waals surface area contributed by atoms with Gasteiger partial charge in [0.25, 0.3) is 0 Å². The zero-order valence-corrected chi connectivity index (χ0v) is 12.1. The molecule has 0 amide bonds. The van der Waals surface area contributed by atoms with Crippen LogP contribution in [0, 0.1) is 0 Å². The highest BCUT2D eigenvalue weighted by atomic mass is 16.7. The number of benzene rings is 2. The molecule has 0 saturated heterocycles. The molecule has 7 nitrogen and oxygen atoms in total. The number of nitrogens with zero attached hydrogens (tertiary/aromatic N) is 3. The molecule has 0 bridgehead atoms. The smallest absolute Gasteiger partial charge is 0.231 e. The predicted molar refractivity (Wildman–Crippen MR) is 85.7 cm³/mol. The Hall–Kier alpha value is -3.22. The summed E-state index contributed by atoms with van der Waals surface area (Å²) in [6.07, 6.45) is -0.352. The molecule has 23 heavy (non-hydrogen) atoms. The molecule has 2 aliphatic rings. The van der Waals surface area contributed by atoms with Gasteiger partial charge in [-0.15, -0.1) is 0 Å². The summed E-state index contributed by atoms with van der Waals surface area (Å²) >= 11 is 0. The van der Waals surface area contributed by atoms with Crippen LogP contribution < -0.4 is 20.5 Å². The van der Waals surface area contributed by atoms with Crippen molar-refractivity contribution in [3.05, 3.63) is 48.0 Å². The van der Waals surface area contributed by atoms with Crippen molar-refractivity contribution in [2.45, 2.75) is 6.17 Å². The first-order chi connectivity index (χ1) is 11.3. The standard InChI is InChI=1S/C16H13N5O2/c17-15-19-14(9-4-3-7-12-13(9)23-8-22-12)21-11-6-2-1-5-10(11)18-16(21)20-15/h1-7,14H,8H2,(H3,17,18,19,20)/t14-/m0/s1. The third kappa shape index (κ3) is 1.70. The van der Waals surface area contributed by atoms with E-state index in [2.05, 4.69) is 15.3 Å². The third-order valence-electron chi connectivity index (χ3n) is 4.05. The van der Waals surface area contributed by atoms with Gasteiger partial charge in [0.15, 0.2) is 23.6 Å². The van der Waals surface area contributed by atoms with Crippen molar-refractivity contribution < 1.29 is 9.47 Å². The van der Waals surface area contributed by atoms with Crippen molar-refractivity contribution in [1.82, 2.24) is 9.55 Å². The maximum atomic E-state index is 5.96. The van der Waals surface area contributed by atoms with E-state index in [1.165, 1.54) is 0 Å². The molecule has 3 N–H and O–H groups in total. The number of guanidine groups is 1. The van der Waals surface area contributed by atoms with Gasteiger partial charge in [-0.3, -0.25) is 9.88 Å². The Morgan fingerprint density at radius 1 is 1.13 bits per heavy atom. The average Bonchev–Trinajstić information content (AvgIpc) is 3.17. The highest BCUT2D eigenvalue weighted by molar-refractivity contribution is 5.94. The second kappa shape index (κ2) is 4.39. The zero-order chi connectivity index (χ0) is 15.4. The van der Waals surface area contributed by atoms with E-state index in [4.69, 9.17) is 15.2 Å². The zero-order valence-electron chi connectivity index (χ0n) is 12.1. The van der Waals surface area contributed by atoms with E-state index >= 15 is 0 Å². The van der Waals surface area contributed by atoms with E-state index in [1.807, 2.05) is 47.0 Å². The quantitative estimate of drug-likeness (QED) is 0.718. The van der Waals surface area contributed by atoms with Gasteiger partial charge in [0, 0.05) is 5.56 Å². The van der Waals surface area contributed by atoms with Crippen molar-refractivity contribution >= 4 is 22.9 Å². The van der Waals surface area contributed by atoms with Gasteiger partial charge in [-0.1, -0.05) is 24.3 Å². The van der Waals surface area contributed by atoms with E-state index < -0.39 is 0 Å². The summed E-state index contributed by atoms with van der Waals surface area (Å²) in [4.78, 5) is 9.16. The molecule has 3 heterocycles. The summed E-state index contributed by atoms with van der Waals surface area (Å²) < 4.78 is 13.1. The van der Waals surface area contributed by atoms with Gasteiger partial charge in [-0.25, -0.2) is 9.98 Å². The van der Waals surface area contributed by atoms with Gasteiger partial charge in [0.05, 0.1) is 11.0 Å². The summed E-state index contributed by atoms with van der Waals surface area (Å²) in [7, 11) is 0. The number of nitrogens with two attached hydrogens (primary N) is 1. The highest BCUT2D eigenvalue weighted by Gasteiger charge is 2.30. The van der Waals surface area contributed by atoms with Crippen LogP contribution in [0.5, 0.6) is 11.5 Å². The normalized spacial score (nSPS) is 18.4. The number of aromatic nitrogens is 2. The van der Waals surface area contributed by atoms with Crippen LogP contribution in [0.4, 0.5) is 5.95 Å². The van der Waals surface area contributed by atoms with Crippen LogP contribution in [0.25, 0.3) is 11.0 Å². The fourth-order valence-electron chi connectivity index (χ4n) is 3.08. The second-order valence-electron chi connectivity index (χ2n) is 5.39. The van der Waals surface area contributed by atoms with Crippen LogP contribution in [0.2, 0.25) is 0 Å². The molecule has 0 aliphatic carbocycles. The SMILES string of the molecule is NC1=N[C@H](c2cccc3c2OCO3)n2c(nc3ccccc32)N1. The minimum Gasteiger partial charge on any atom is -0.454 e. The number of fused-ring (bicyclic) bond motifs is 4. The van der Waals surface area contributed by atoms with E-state index in [0.29, 0.717) is 17.7 Å². The molecular weight excluding hydrogens is 294 g/mol. The molecule has 0 spiro atoms. The largest absolute Gasteiger partial charge is 0.454 e. The number of ether oxygens (including phenoxy) is 2. The molecule has 1 aromatic heterocycles. The fourth-order valence-corrected chi connectivity index (χ4v) is 3.08. The molecule has 3 aromatic rings. The molecular formula is C16H13N5O2. The molecule has 2 aliphatic heterocycles. The maximum Gasteiger partial charge on any atom is 0.231 e. The number of hydrogen-bond acceptors (Lipinski definition) is 6. The van der Waals surface area contributed by atoms with Gasteiger partial charge in [0.1, 0.15) is 0 Å². The van der Waals surface area contributed by atoms with Gasteiger partial charge in [0.2, 0.25) is 12.7 Å². The Morgan fingerprint density at radius 2 is 2.04 bits per heavy atom. The Balaban J connectivity index is 1.78. The number of rotatable bonds is 1. The summed E-state index contributed by atoms with van der Waals surface area (Å²) in [5.41, 5.74) is 8.72. The van der Waals surface area contributed by atoms with Gasteiger partial charge in [-0.05, 0) is 18.2 Å². The monoisotopic (exact) mass is 307 g/mol. The van der Waals surface area contributed by atoms with Crippen molar-refractivity contribution in [2.24, 2.45) is 10.7 Å². The Bertz CT molecular complexity index is 962. The number of anilines is 1. The van der Waals surface area contributed by atoms with Crippen molar-refractivity contribution in [3.8, 4) is 11.5 Å². The van der Waals surface area contributed by atoms with Crippen molar-refractivity contribution in [2.75, 3.05) is 12.1 Å². The average molecular weight is 307 g/mol. The minimum absolute atomic E-state index is 0.216. The minimum atomic E-state index is -0.352. The molecule has 114 valence electrons. The van der Waals surface area contributed by atoms with Crippen LogP contribution in [0.15, 0.2) is 47.5 Å². The van der Waals surface area contributed by atoms with E-state index in [-0.39, 0.29) is 13.0 Å². The predicted octanol–water partition coefficient (Wildman–Crippen LogP) is 2.05. The summed E-state index contributed by atoms with van der Waals surface area (Å²) in [6.45, 7) is 0.216. The van der Waals surface area contributed by atoms with Crippen LogP contribution >= 0.6 is 0 Å². The Morgan fingerprint density at radius 3 is 3.00 bits per heavy atom. The molecule has 7 heteroatoms. The first-order valence-corrected chi connectivity index (χ1v) is 7.27. The topological polar surface area (TPSA) is 86.7 Å². The van der Waals surface area contributed by atoms with Gasteiger partial charge in [-0.2, -0.15) is 0 Å². The molecule has 1 atom stereocenters.